The Morgan fingerprint density at radius 3 is 1.75 bits per heavy atom. The molecule has 0 bridgehead atoms. The molecule has 0 atom stereocenters. The van der Waals surface area contributed by atoms with Crippen molar-refractivity contribution < 1.29 is 0 Å². The van der Waals surface area contributed by atoms with Crippen molar-refractivity contribution in [2.75, 3.05) is 5.32 Å². The minimum absolute atomic E-state index is 0.621. The summed E-state index contributed by atoms with van der Waals surface area (Å²) >= 11 is 12.2. The van der Waals surface area contributed by atoms with Crippen LogP contribution in [0.3, 0.4) is 0 Å². The number of hydrogen-bond acceptors (Lipinski definition) is 1. The molecule has 20 heavy (non-hydrogen) atoms. The molecule has 2 rings (SSSR count). The maximum atomic E-state index is 6.08. The summed E-state index contributed by atoms with van der Waals surface area (Å²) in [5.41, 5.74) is 2.91. The molecule has 0 radical (unpaired) electrons. The van der Waals surface area contributed by atoms with Crippen LogP contribution in [0.4, 0.5) is 11.4 Å². The molecule has 0 saturated heterocycles. The van der Waals surface area contributed by atoms with Crippen LogP contribution in [0, 0.1) is 6.92 Å². The number of para-hydroxylation sites is 2. The Morgan fingerprint density at radius 2 is 1.25 bits per heavy atom. The van der Waals surface area contributed by atoms with Crippen LogP contribution in [0.25, 0.3) is 0 Å². The highest BCUT2D eigenvalue weighted by atomic mass is 35.5. The Balaban J connectivity index is 0.000000829. The molecular weight excluding hydrogens is 289 g/mol. The molecule has 3 heteroatoms. The number of benzene rings is 2. The summed E-state index contributed by atoms with van der Waals surface area (Å²) in [7, 11) is 0. The van der Waals surface area contributed by atoms with Crippen molar-refractivity contribution in [1.29, 1.82) is 0 Å². The smallest absolute Gasteiger partial charge is 0.0762 e. The van der Waals surface area contributed by atoms with Gasteiger partial charge in [0.05, 0.1) is 15.7 Å². The van der Waals surface area contributed by atoms with Gasteiger partial charge in [-0.05, 0) is 30.7 Å². The molecule has 0 aromatic heterocycles. The van der Waals surface area contributed by atoms with E-state index in [1.54, 1.807) is 0 Å². The van der Waals surface area contributed by atoms with Crippen LogP contribution < -0.4 is 5.32 Å². The number of rotatable bonds is 2. The summed E-state index contributed by atoms with van der Waals surface area (Å²) in [5, 5.41) is 4.49. The van der Waals surface area contributed by atoms with Crippen LogP contribution in [0.5, 0.6) is 0 Å². The maximum Gasteiger partial charge on any atom is 0.0762 e. The monoisotopic (exact) mass is 311 g/mol. The number of hydrogen-bond donors (Lipinski definition) is 1. The van der Waals surface area contributed by atoms with E-state index < -0.39 is 0 Å². The lowest BCUT2D eigenvalue weighted by molar-refractivity contribution is 1.43. The zero-order valence-electron chi connectivity index (χ0n) is 12.8. The van der Waals surface area contributed by atoms with E-state index in [0.717, 1.165) is 16.9 Å². The van der Waals surface area contributed by atoms with Gasteiger partial charge in [0.25, 0.3) is 0 Å². The Labute approximate surface area is 132 Å². The molecule has 0 fully saturated rings. The van der Waals surface area contributed by atoms with Gasteiger partial charge in [0.15, 0.2) is 0 Å². The lowest BCUT2D eigenvalue weighted by Gasteiger charge is -2.12. The van der Waals surface area contributed by atoms with E-state index in [-0.39, 0.29) is 0 Å². The van der Waals surface area contributed by atoms with E-state index in [1.165, 1.54) is 0 Å². The first-order valence-electron chi connectivity index (χ1n) is 6.95. The molecule has 0 aliphatic rings. The lowest BCUT2D eigenvalue weighted by Crippen LogP contribution is -1.94. The first kappa shape index (κ1) is 18.8. The van der Waals surface area contributed by atoms with Gasteiger partial charge in [-0.2, -0.15) is 0 Å². The Kier molecular flexibility index (Phi) is 9.96. The molecular formula is C17H23Cl2N. The predicted octanol–water partition coefficient (Wildman–Crippen LogP) is 7.10. The summed E-state index contributed by atoms with van der Waals surface area (Å²) in [6.07, 6.45) is 0. The molecule has 1 N–H and O–H groups in total. The van der Waals surface area contributed by atoms with Crippen molar-refractivity contribution in [2.45, 2.75) is 34.6 Å². The third-order valence-electron chi connectivity index (χ3n) is 2.37. The average molecular weight is 312 g/mol. The van der Waals surface area contributed by atoms with Crippen molar-refractivity contribution in [3.8, 4) is 0 Å². The average Bonchev–Trinajstić information content (AvgIpc) is 2.49. The predicted molar refractivity (Wildman–Crippen MR) is 93.6 cm³/mol. The Hall–Kier alpha value is -1.18. The highest BCUT2D eigenvalue weighted by Gasteiger charge is 2.06. The number of anilines is 2. The quantitative estimate of drug-likeness (QED) is 0.623. The van der Waals surface area contributed by atoms with E-state index in [9.17, 15) is 0 Å². The Bertz CT molecular complexity index is 490. The van der Waals surface area contributed by atoms with Gasteiger partial charge >= 0.3 is 0 Å². The van der Waals surface area contributed by atoms with Crippen LogP contribution in [0.1, 0.15) is 33.3 Å². The van der Waals surface area contributed by atoms with Crippen LogP contribution >= 0.6 is 23.2 Å². The highest BCUT2D eigenvalue weighted by molar-refractivity contribution is 6.39. The molecule has 0 heterocycles. The molecule has 1 nitrogen and oxygen atoms in total. The fraction of sp³-hybridized carbons (Fsp3) is 0.294. The van der Waals surface area contributed by atoms with Crippen molar-refractivity contribution in [2.24, 2.45) is 0 Å². The first-order valence-corrected chi connectivity index (χ1v) is 7.71. The van der Waals surface area contributed by atoms with E-state index in [4.69, 9.17) is 23.2 Å². The summed E-state index contributed by atoms with van der Waals surface area (Å²) in [6.45, 7) is 10.0. The van der Waals surface area contributed by atoms with E-state index in [2.05, 4.69) is 5.32 Å². The summed E-state index contributed by atoms with van der Waals surface area (Å²) < 4.78 is 0. The standard InChI is InChI=1S/C13H11Cl2N.2C2H6/c1-9-5-2-3-8-12(9)16-13-10(14)6-4-7-11(13)15;2*1-2/h2-8,16H,1H3;2*1-2H3. The van der Waals surface area contributed by atoms with Gasteiger partial charge < -0.3 is 5.32 Å². The van der Waals surface area contributed by atoms with Crippen LogP contribution in [-0.2, 0) is 0 Å². The summed E-state index contributed by atoms with van der Waals surface area (Å²) in [6, 6.07) is 13.5. The van der Waals surface area contributed by atoms with Crippen LogP contribution in [-0.4, -0.2) is 0 Å². The number of nitrogens with one attached hydrogen (secondary N) is 1. The lowest BCUT2D eigenvalue weighted by atomic mass is 10.2. The third-order valence-corrected chi connectivity index (χ3v) is 3.00. The second-order valence-corrected chi connectivity index (χ2v) is 4.35. The topological polar surface area (TPSA) is 12.0 Å². The largest absolute Gasteiger partial charge is 0.353 e. The first-order chi connectivity index (χ1) is 9.68. The molecule has 2 aromatic carbocycles. The number of halogens is 2. The normalized spacial score (nSPS) is 8.75. The van der Waals surface area contributed by atoms with Crippen molar-refractivity contribution in [3.63, 3.8) is 0 Å². The molecule has 0 amide bonds. The molecule has 0 aliphatic carbocycles. The number of aryl methyl sites for hydroxylation is 1. The van der Waals surface area contributed by atoms with Crippen molar-refractivity contribution in [1.82, 2.24) is 0 Å². The molecule has 110 valence electrons. The van der Waals surface area contributed by atoms with E-state index >= 15 is 0 Å². The van der Waals surface area contributed by atoms with Crippen molar-refractivity contribution in [3.05, 3.63) is 58.1 Å². The molecule has 0 spiro atoms. The minimum atomic E-state index is 0.621. The zero-order valence-corrected chi connectivity index (χ0v) is 14.3. The SMILES string of the molecule is CC.CC.Cc1ccccc1Nc1c(Cl)cccc1Cl. The van der Waals surface area contributed by atoms with Crippen LogP contribution in [0.15, 0.2) is 42.5 Å². The maximum absolute atomic E-state index is 6.08. The molecule has 0 unspecified atom stereocenters. The highest BCUT2D eigenvalue weighted by Crippen LogP contribution is 2.33. The second kappa shape index (κ2) is 10.6. The van der Waals surface area contributed by atoms with Crippen molar-refractivity contribution >= 4 is 34.6 Å². The summed E-state index contributed by atoms with van der Waals surface area (Å²) in [5.74, 6) is 0. The summed E-state index contributed by atoms with van der Waals surface area (Å²) in [4.78, 5) is 0. The molecule has 0 saturated carbocycles. The molecule has 0 aliphatic heterocycles. The zero-order chi connectivity index (χ0) is 15.5. The van der Waals surface area contributed by atoms with Gasteiger partial charge in [-0.15, -0.1) is 0 Å². The fourth-order valence-corrected chi connectivity index (χ4v) is 1.96. The Morgan fingerprint density at radius 1 is 0.750 bits per heavy atom. The van der Waals surface area contributed by atoms with Gasteiger partial charge in [-0.25, -0.2) is 0 Å². The minimum Gasteiger partial charge on any atom is -0.353 e. The van der Waals surface area contributed by atoms with Gasteiger partial charge in [0.2, 0.25) is 0 Å². The van der Waals surface area contributed by atoms with Gasteiger partial charge in [0.1, 0.15) is 0 Å². The van der Waals surface area contributed by atoms with E-state index in [1.807, 2.05) is 77.1 Å². The second-order valence-electron chi connectivity index (χ2n) is 3.54. The van der Waals surface area contributed by atoms with Gasteiger partial charge in [-0.3, -0.25) is 0 Å². The van der Waals surface area contributed by atoms with Gasteiger partial charge in [0, 0.05) is 5.69 Å². The van der Waals surface area contributed by atoms with Gasteiger partial charge in [-0.1, -0.05) is 75.2 Å². The molecule has 2 aromatic rings. The van der Waals surface area contributed by atoms with Crippen LogP contribution in [0.2, 0.25) is 10.0 Å². The third kappa shape index (κ3) is 5.44. The fourth-order valence-electron chi connectivity index (χ4n) is 1.47. The van der Waals surface area contributed by atoms with E-state index in [0.29, 0.717) is 10.0 Å².